The number of carbonyl (C=O) groups excluding carboxylic acids is 1. The highest BCUT2D eigenvalue weighted by atomic mass is 16.2. The van der Waals surface area contributed by atoms with E-state index in [1.54, 1.807) is 0 Å². The lowest BCUT2D eigenvalue weighted by Crippen LogP contribution is -2.44. The molecule has 1 atom stereocenters. The van der Waals surface area contributed by atoms with E-state index in [1.165, 1.54) is 25.7 Å². The molecule has 40 heavy (non-hydrogen) atoms. The summed E-state index contributed by atoms with van der Waals surface area (Å²) in [6.07, 6.45) is 13.6. The molecule has 2 aliphatic carbocycles. The molecule has 1 saturated heterocycles. The molecule has 2 aromatic heterocycles. The number of hydrogen-bond donors (Lipinski definition) is 3. The van der Waals surface area contributed by atoms with Crippen LogP contribution >= 0.6 is 0 Å². The zero-order chi connectivity index (χ0) is 27.5. The number of anilines is 2. The fraction of sp³-hybridized carbons (Fsp3) is 0.613. The van der Waals surface area contributed by atoms with Crippen LogP contribution in [0.3, 0.4) is 0 Å². The molecule has 4 N–H and O–H groups in total. The molecule has 2 saturated carbocycles. The first-order valence-electron chi connectivity index (χ1n) is 15.5. The van der Waals surface area contributed by atoms with E-state index in [9.17, 15) is 4.79 Å². The van der Waals surface area contributed by atoms with Gasteiger partial charge in [0.25, 0.3) is 0 Å². The van der Waals surface area contributed by atoms with Gasteiger partial charge in [0, 0.05) is 37.3 Å². The van der Waals surface area contributed by atoms with Gasteiger partial charge in [0.15, 0.2) is 17.0 Å². The fourth-order valence-electron chi connectivity index (χ4n) is 6.87. The van der Waals surface area contributed by atoms with E-state index < -0.39 is 0 Å². The van der Waals surface area contributed by atoms with E-state index in [0.29, 0.717) is 24.1 Å². The van der Waals surface area contributed by atoms with Gasteiger partial charge in [-0.3, -0.25) is 4.79 Å². The van der Waals surface area contributed by atoms with Crippen molar-refractivity contribution in [3.63, 3.8) is 0 Å². The molecule has 9 nitrogen and oxygen atoms in total. The number of carbonyl (C=O) groups is 1. The summed E-state index contributed by atoms with van der Waals surface area (Å²) in [6, 6.07) is 11.5. The number of rotatable bonds is 8. The van der Waals surface area contributed by atoms with Crippen molar-refractivity contribution in [1.82, 2.24) is 24.4 Å². The number of aromatic nitrogens is 4. The Balaban J connectivity index is 1.17. The Kier molecular flexibility index (Phi) is 8.18. The van der Waals surface area contributed by atoms with E-state index in [1.807, 2.05) is 29.4 Å². The maximum absolute atomic E-state index is 13.4. The number of piperidine rings is 1. The minimum absolute atomic E-state index is 0.0743. The standard InChI is InChI=1S/C31H44N8O/c1-2-26(21-8-4-3-5-9-21)30(40)38-18-16-24(17-19-38)34-28-27-29(39(20-33-27)25-10-6-7-11-25)37-31(36-28)35-23-14-12-22(32)13-15-23/h3-5,8-9,20,22-26H,2,6-7,10-19,32H2,1H3,(H2,34,35,36,37). The van der Waals surface area contributed by atoms with Gasteiger partial charge in [0.2, 0.25) is 11.9 Å². The Hall–Kier alpha value is -3.20. The second kappa shape index (κ2) is 12.1. The zero-order valence-corrected chi connectivity index (χ0v) is 23.8. The molecule has 1 aliphatic heterocycles. The number of nitrogens with one attached hydrogen (secondary N) is 2. The van der Waals surface area contributed by atoms with Crippen LogP contribution in [0.1, 0.15) is 95.1 Å². The number of fused-ring (bicyclic) bond motifs is 1. The molecule has 214 valence electrons. The Morgan fingerprint density at radius 3 is 2.35 bits per heavy atom. The molecular weight excluding hydrogens is 500 g/mol. The number of nitrogens with two attached hydrogens (primary N) is 1. The molecular formula is C31H44N8O. The second-order valence-corrected chi connectivity index (χ2v) is 12.0. The van der Waals surface area contributed by atoms with Gasteiger partial charge in [-0.05, 0) is 63.4 Å². The van der Waals surface area contributed by atoms with Gasteiger partial charge in [-0.1, -0.05) is 50.1 Å². The highest BCUT2D eigenvalue weighted by Gasteiger charge is 2.30. The Morgan fingerprint density at radius 2 is 1.65 bits per heavy atom. The molecule has 3 fully saturated rings. The number of imidazole rings is 1. The van der Waals surface area contributed by atoms with Crippen LogP contribution in [0.15, 0.2) is 36.7 Å². The van der Waals surface area contributed by atoms with E-state index in [0.717, 1.165) is 80.6 Å². The fourth-order valence-corrected chi connectivity index (χ4v) is 6.87. The first kappa shape index (κ1) is 27.0. The molecule has 9 heteroatoms. The SMILES string of the molecule is CCC(C(=O)N1CCC(Nc2nc(NC3CCC(N)CC3)nc3c2ncn3C2CCCC2)CC1)c1ccccc1. The lowest BCUT2D eigenvalue weighted by molar-refractivity contribution is -0.133. The number of amides is 1. The van der Waals surface area contributed by atoms with Crippen molar-refractivity contribution in [3.05, 3.63) is 42.2 Å². The van der Waals surface area contributed by atoms with Gasteiger partial charge in [0.1, 0.15) is 0 Å². The highest BCUT2D eigenvalue weighted by Crippen LogP contribution is 2.34. The first-order chi connectivity index (χ1) is 19.6. The lowest BCUT2D eigenvalue weighted by atomic mass is 9.92. The van der Waals surface area contributed by atoms with E-state index >= 15 is 0 Å². The van der Waals surface area contributed by atoms with Crippen molar-refractivity contribution in [3.8, 4) is 0 Å². The molecule has 3 aromatic rings. The maximum atomic E-state index is 13.4. The second-order valence-electron chi connectivity index (χ2n) is 12.0. The van der Waals surface area contributed by atoms with Crippen molar-refractivity contribution in [2.45, 2.75) is 108 Å². The van der Waals surface area contributed by atoms with Crippen LogP contribution in [0.25, 0.3) is 11.2 Å². The summed E-state index contributed by atoms with van der Waals surface area (Å²) in [5, 5.41) is 7.35. The number of likely N-dealkylation sites (tertiary alicyclic amines) is 1. The molecule has 1 amide bonds. The third-order valence-electron chi connectivity index (χ3n) is 9.30. The average Bonchev–Trinajstić information content (AvgIpc) is 3.66. The average molecular weight is 545 g/mol. The lowest BCUT2D eigenvalue weighted by Gasteiger charge is -2.35. The third kappa shape index (κ3) is 5.80. The quantitative estimate of drug-likeness (QED) is 0.356. The van der Waals surface area contributed by atoms with Crippen LogP contribution in [0.5, 0.6) is 0 Å². The minimum Gasteiger partial charge on any atom is -0.365 e. The number of benzene rings is 1. The Morgan fingerprint density at radius 1 is 0.950 bits per heavy atom. The van der Waals surface area contributed by atoms with Crippen molar-refractivity contribution >= 4 is 28.8 Å². The highest BCUT2D eigenvalue weighted by molar-refractivity contribution is 5.85. The summed E-state index contributed by atoms with van der Waals surface area (Å²) < 4.78 is 2.27. The third-order valence-corrected chi connectivity index (χ3v) is 9.30. The van der Waals surface area contributed by atoms with Crippen LogP contribution in [0, 0.1) is 0 Å². The molecule has 3 aliphatic rings. The largest absolute Gasteiger partial charge is 0.365 e. The van der Waals surface area contributed by atoms with Gasteiger partial charge in [-0.15, -0.1) is 0 Å². The predicted molar refractivity (Wildman–Crippen MR) is 159 cm³/mol. The van der Waals surface area contributed by atoms with Gasteiger partial charge in [0.05, 0.1) is 12.2 Å². The summed E-state index contributed by atoms with van der Waals surface area (Å²) in [4.78, 5) is 30.2. The first-order valence-corrected chi connectivity index (χ1v) is 15.5. The normalized spacial score (nSPS) is 23.4. The molecule has 0 bridgehead atoms. The van der Waals surface area contributed by atoms with Crippen molar-refractivity contribution in [2.24, 2.45) is 5.73 Å². The minimum atomic E-state index is -0.0743. The van der Waals surface area contributed by atoms with Crippen LogP contribution < -0.4 is 16.4 Å². The summed E-state index contributed by atoms with van der Waals surface area (Å²) in [7, 11) is 0. The van der Waals surface area contributed by atoms with Gasteiger partial charge < -0.3 is 25.8 Å². The van der Waals surface area contributed by atoms with Crippen molar-refractivity contribution < 1.29 is 4.79 Å². The van der Waals surface area contributed by atoms with Crippen LogP contribution in [0.2, 0.25) is 0 Å². The van der Waals surface area contributed by atoms with Crippen LogP contribution in [-0.2, 0) is 4.79 Å². The predicted octanol–water partition coefficient (Wildman–Crippen LogP) is 5.22. The van der Waals surface area contributed by atoms with Crippen LogP contribution in [0.4, 0.5) is 11.8 Å². The smallest absolute Gasteiger partial charge is 0.230 e. The Labute approximate surface area is 237 Å². The molecule has 6 rings (SSSR count). The van der Waals surface area contributed by atoms with Gasteiger partial charge >= 0.3 is 0 Å². The summed E-state index contributed by atoms with van der Waals surface area (Å²) in [5.41, 5.74) is 9.02. The maximum Gasteiger partial charge on any atom is 0.230 e. The van der Waals surface area contributed by atoms with Gasteiger partial charge in [-0.25, -0.2) is 4.98 Å². The molecule has 0 radical (unpaired) electrons. The van der Waals surface area contributed by atoms with Gasteiger partial charge in [-0.2, -0.15) is 9.97 Å². The summed E-state index contributed by atoms with van der Waals surface area (Å²) in [6.45, 7) is 3.60. The number of nitrogens with zero attached hydrogens (tertiary/aromatic N) is 5. The van der Waals surface area contributed by atoms with Crippen LogP contribution in [-0.4, -0.2) is 61.5 Å². The summed E-state index contributed by atoms with van der Waals surface area (Å²) in [5.74, 6) is 1.65. The topological polar surface area (TPSA) is 114 Å². The van der Waals surface area contributed by atoms with E-state index in [4.69, 9.17) is 20.7 Å². The van der Waals surface area contributed by atoms with E-state index in [-0.39, 0.29) is 17.9 Å². The van der Waals surface area contributed by atoms with Crippen molar-refractivity contribution in [2.75, 3.05) is 23.7 Å². The molecule has 1 unspecified atom stereocenters. The van der Waals surface area contributed by atoms with Crippen molar-refractivity contribution in [1.29, 1.82) is 0 Å². The molecule has 1 aromatic carbocycles. The summed E-state index contributed by atoms with van der Waals surface area (Å²) >= 11 is 0. The number of hydrogen-bond acceptors (Lipinski definition) is 7. The molecule has 0 spiro atoms. The Bertz CT molecular complexity index is 1270. The monoisotopic (exact) mass is 544 g/mol. The zero-order valence-electron chi connectivity index (χ0n) is 23.8. The molecule has 3 heterocycles. The van der Waals surface area contributed by atoms with E-state index in [2.05, 4.69) is 34.3 Å².